The SMILES string of the molecule is Cc1cc2c(cc1C)NC(CC(=O)NCCc1ccccc1)C(=O)N2.Cl. The molecule has 0 aliphatic carbocycles. The number of nitrogens with one attached hydrogen (secondary N) is 3. The molecule has 26 heavy (non-hydrogen) atoms. The number of rotatable bonds is 5. The second-order valence-electron chi connectivity index (χ2n) is 6.46. The summed E-state index contributed by atoms with van der Waals surface area (Å²) in [5.74, 6) is -0.301. The maximum atomic E-state index is 12.2. The summed E-state index contributed by atoms with van der Waals surface area (Å²) in [4.78, 5) is 24.4. The molecule has 2 aromatic carbocycles. The van der Waals surface area contributed by atoms with E-state index in [9.17, 15) is 9.59 Å². The third kappa shape index (κ3) is 4.76. The van der Waals surface area contributed by atoms with Gasteiger partial charge >= 0.3 is 0 Å². The van der Waals surface area contributed by atoms with Crippen LogP contribution in [0.3, 0.4) is 0 Å². The number of benzene rings is 2. The van der Waals surface area contributed by atoms with Crippen molar-refractivity contribution >= 4 is 35.6 Å². The van der Waals surface area contributed by atoms with E-state index in [1.54, 1.807) is 0 Å². The molecule has 0 radical (unpaired) electrons. The smallest absolute Gasteiger partial charge is 0.247 e. The lowest BCUT2D eigenvalue weighted by Crippen LogP contribution is -2.42. The van der Waals surface area contributed by atoms with Gasteiger partial charge in [0.15, 0.2) is 0 Å². The number of halogens is 1. The number of hydrogen-bond donors (Lipinski definition) is 3. The van der Waals surface area contributed by atoms with Gasteiger partial charge in [-0.3, -0.25) is 9.59 Å². The Morgan fingerprint density at radius 3 is 2.42 bits per heavy atom. The van der Waals surface area contributed by atoms with Crippen molar-refractivity contribution in [3.8, 4) is 0 Å². The molecule has 0 aromatic heterocycles. The molecule has 2 aromatic rings. The van der Waals surface area contributed by atoms with Crippen LogP contribution in [-0.2, 0) is 16.0 Å². The molecule has 3 rings (SSSR count). The molecule has 1 aliphatic heterocycles. The average molecular weight is 374 g/mol. The Kier molecular flexibility index (Phi) is 6.64. The Labute approximate surface area is 160 Å². The largest absolute Gasteiger partial charge is 0.372 e. The lowest BCUT2D eigenvalue weighted by Gasteiger charge is -2.27. The Morgan fingerprint density at radius 1 is 1.08 bits per heavy atom. The molecule has 2 amide bonds. The molecule has 1 atom stereocenters. The van der Waals surface area contributed by atoms with E-state index in [1.165, 1.54) is 5.56 Å². The third-order valence-electron chi connectivity index (χ3n) is 4.51. The number of carbonyl (C=O) groups excluding carboxylic acids is 2. The van der Waals surface area contributed by atoms with Crippen LogP contribution in [0.2, 0.25) is 0 Å². The van der Waals surface area contributed by atoms with Gasteiger partial charge in [-0.25, -0.2) is 0 Å². The first-order chi connectivity index (χ1) is 12.0. The molecular formula is C20H24ClN3O2. The minimum absolute atomic E-state index is 0. The Morgan fingerprint density at radius 2 is 1.73 bits per heavy atom. The van der Waals surface area contributed by atoms with E-state index in [0.29, 0.717) is 6.54 Å². The first-order valence-corrected chi connectivity index (χ1v) is 8.52. The van der Waals surface area contributed by atoms with E-state index in [4.69, 9.17) is 0 Å². The third-order valence-corrected chi connectivity index (χ3v) is 4.51. The van der Waals surface area contributed by atoms with Crippen LogP contribution in [-0.4, -0.2) is 24.4 Å². The first-order valence-electron chi connectivity index (χ1n) is 8.52. The van der Waals surface area contributed by atoms with E-state index < -0.39 is 6.04 Å². The van der Waals surface area contributed by atoms with Gasteiger partial charge in [-0.05, 0) is 49.1 Å². The van der Waals surface area contributed by atoms with Crippen molar-refractivity contribution in [3.05, 3.63) is 59.2 Å². The summed E-state index contributed by atoms with van der Waals surface area (Å²) in [6.45, 7) is 4.60. The standard InChI is InChI=1S/C20H23N3O2.ClH/c1-13-10-16-17(11-14(13)2)23-20(25)18(22-16)12-19(24)21-9-8-15-6-4-3-5-7-15;/h3-7,10-11,18,22H,8-9,12H2,1-2H3,(H,21,24)(H,23,25);1H. The van der Waals surface area contributed by atoms with Gasteiger partial charge < -0.3 is 16.0 Å². The number of fused-ring (bicyclic) bond motifs is 1. The molecule has 1 aliphatic rings. The van der Waals surface area contributed by atoms with Crippen LogP contribution in [0.5, 0.6) is 0 Å². The van der Waals surface area contributed by atoms with Gasteiger partial charge in [0.1, 0.15) is 6.04 Å². The molecule has 1 heterocycles. The van der Waals surface area contributed by atoms with E-state index in [1.807, 2.05) is 56.3 Å². The number of carbonyl (C=O) groups is 2. The van der Waals surface area contributed by atoms with Crippen LogP contribution in [0, 0.1) is 13.8 Å². The quantitative estimate of drug-likeness (QED) is 0.753. The molecule has 0 fully saturated rings. The fourth-order valence-corrected chi connectivity index (χ4v) is 2.90. The highest BCUT2D eigenvalue weighted by Gasteiger charge is 2.27. The summed E-state index contributed by atoms with van der Waals surface area (Å²) in [5.41, 5.74) is 5.08. The topological polar surface area (TPSA) is 70.2 Å². The lowest BCUT2D eigenvalue weighted by atomic mass is 10.0. The van der Waals surface area contributed by atoms with Gasteiger partial charge in [-0.2, -0.15) is 0 Å². The van der Waals surface area contributed by atoms with Crippen LogP contribution >= 0.6 is 12.4 Å². The Hall–Kier alpha value is -2.53. The maximum Gasteiger partial charge on any atom is 0.247 e. The summed E-state index contributed by atoms with van der Waals surface area (Å²) >= 11 is 0. The number of aryl methyl sites for hydroxylation is 2. The molecule has 0 saturated heterocycles. The van der Waals surface area contributed by atoms with E-state index >= 15 is 0 Å². The zero-order valence-corrected chi connectivity index (χ0v) is 15.8. The summed E-state index contributed by atoms with van der Waals surface area (Å²) in [6.07, 6.45) is 0.894. The monoisotopic (exact) mass is 373 g/mol. The predicted molar refractivity (Wildman–Crippen MR) is 107 cm³/mol. The van der Waals surface area contributed by atoms with E-state index in [-0.39, 0.29) is 30.6 Å². The Balaban J connectivity index is 0.00000243. The van der Waals surface area contributed by atoms with Gasteiger partial charge in [0, 0.05) is 6.54 Å². The molecule has 3 N–H and O–H groups in total. The fourth-order valence-electron chi connectivity index (χ4n) is 2.90. The molecule has 0 spiro atoms. The molecule has 6 heteroatoms. The zero-order chi connectivity index (χ0) is 17.8. The molecule has 138 valence electrons. The van der Waals surface area contributed by atoms with Crippen LogP contribution in [0.4, 0.5) is 11.4 Å². The van der Waals surface area contributed by atoms with Crippen molar-refractivity contribution in [2.75, 3.05) is 17.2 Å². The highest BCUT2D eigenvalue weighted by molar-refractivity contribution is 6.05. The van der Waals surface area contributed by atoms with Gasteiger partial charge in [0.05, 0.1) is 17.8 Å². The van der Waals surface area contributed by atoms with Crippen molar-refractivity contribution in [2.24, 2.45) is 0 Å². The number of hydrogen-bond acceptors (Lipinski definition) is 3. The summed E-state index contributed by atoms with van der Waals surface area (Å²) < 4.78 is 0. The van der Waals surface area contributed by atoms with Crippen LogP contribution < -0.4 is 16.0 Å². The summed E-state index contributed by atoms with van der Waals surface area (Å²) in [5, 5.41) is 8.95. The second-order valence-corrected chi connectivity index (χ2v) is 6.46. The predicted octanol–water partition coefficient (Wildman–Crippen LogP) is 3.21. The highest BCUT2D eigenvalue weighted by Crippen LogP contribution is 2.30. The minimum atomic E-state index is -0.550. The van der Waals surface area contributed by atoms with E-state index in [0.717, 1.165) is 28.9 Å². The normalized spacial score (nSPS) is 15.2. The van der Waals surface area contributed by atoms with Gasteiger partial charge in [-0.1, -0.05) is 30.3 Å². The molecule has 5 nitrogen and oxygen atoms in total. The Bertz CT molecular complexity index is 793. The molecule has 1 unspecified atom stereocenters. The lowest BCUT2D eigenvalue weighted by molar-refractivity contribution is -0.124. The van der Waals surface area contributed by atoms with Crippen LogP contribution in [0.15, 0.2) is 42.5 Å². The van der Waals surface area contributed by atoms with E-state index in [2.05, 4.69) is 16.0 Å². The van der Waals surface area contributed by atoms with Gasteiger partial charge in [0.25, 0.3) is 0 Å². The number of amides is 2. The number of anilines is 2. The second kappa shape index (κ2) is 8.72. The summed E-state index contributed by atoms with van der Waals surface area (Å²) in [7, 11) is 0. The van der Waals surface area contributed by atoms with Gasteiger partial charge in [0.2, 0.25) is 11.8 Å². The molecular weight excluding hydrogens is 350 g/mol. The molecule has 0 saturated carbocycles. The first kappa shape index (κ1) is 19.8. The minimum Gasteiger partial charge on any atom is -0.372 e. The maximum absolute atomic E-state index is 12.2. The van der Waals surface area contributed by atoms with Crippen molar-refractivity contribution in [2.45, 2.75) is 32.7 Å². The fraction of sp³-hybridized carbons (Fsp3) is 0.300. The van der Waals surface area contributed by atoms with Crippen molar-refractivity contribution in [3.63, 3.8) is 0 Å². The average Bonchev–Trinajstić information content (AvgIpc) is 2.58. The van der Waals surface area contributed by atoms with Crippen molar-refractivity contribution in [1.82, 2.24) is 5.32 Å². The highest BCUT2D eigenvalue weighted by atomic mass is 35.5. The zero-order valence-electron chi connectivity index (χ0n) is 15.0. The summed E-state index contributed by atoms with van der Waals surface area (Å²) in [6, 6.07) is 13.4. The van der Waals surface area contributed by atoms with Crippen LogP contribution in [0.1, 0.15) is 23.1 Å². The van der Waals surface area contributed by atoms with Crippen molar-refractivity contribution < 1.29 is 9.59 Å². The van der Waals surface area contributed by atoms with Crippen molar-refractivity contribution in [1.29, 1.82) is 0 Å². The molecule has 0 bridgehead atoms. The van der Waals surface area contributed by atoms with Crippen LogP contribution in [0.25, 0.3) is 0 Å². The van der Waals surface area contributed by atoms with Gasteiger partial charge in [-0.15, -0.1) is 12.4 Å².